The highest BCUT2D eigenvalue weighted by Crippen LogP contribution is 1.90. The molecule has 2 heterocycles. The van der Waals surface area contributed by atoms with Gasteiger partial charge in [-0.05, 0) is 26.0 Å². The lowest BCUT2D eigenvalue weighted by Gasteiger charge is -2.05. The Kier molecular flexibility index (Phi) is 15.1. The zero-order chi connectivity index (χ0) is 17.7. The molecule has 2 aromatic rings. The van der Waals surface area contributed by atoms with Crippen LogP contribution in [-0.4, -0.2) is 39.6 Å². The SMILES string of the molecule is Cc1ccc[n+](CCOCCOCCOCC[n+]2cccc(C)c2)c1.[Cl-].[Cl-]. The standard InChI is InChI=1S/C20H30N2O3.2ClH/c1-19-5-3-7-21(17-19)9-11-23-13-15-25-16-14-24-12-10-22-8-4-6-20(2)18-22;;/h3-8,17-18H,9-16H2,1-2H3;2*1H/q+2;;/p-2. The normalized spacial score (nSPS) is 10.1. The zero-order valence-corrected chi connectivity index (χ0v) is 17.7. The lowest BCUT2D eigenvalue weighted by Crippen LogP contribution is -3.00. The minimum atomic E-state index is 0. The van der Waals surface area contributed by atoms with Gasteiger partial charge in [-0.15, -0.1) is 0 Å². The summed E-state index contributed by atoms with van der Waals surface area (Å²) in [7, 11) is 0. The van der Waals surface area contributed by atoms with Crippen molar-refractivity contribution >= 4 is 0 Å². The predicted octanol–water partition coefficient (Wildman–Crippen LogP) is -4.36. The van der Waals surface area contributed by atoms with Crippen molar-refractivity contribution in [3.8, 4) is 0 Å². The lowest BCUT2D eigenvalue weighted by atomic mass is 10.3. The second-order valence-electron chi connectivity index (χ2n) is 6.08. The van der Waals surface area contributed by atoms with E-state index >= 15 is 0 Å². The first-order chi connectivity index (χ1) is 12.2. The zero-order valence-electron chi connectivity index (χ0n) is 16.2. The molecule has 0 saturated carbocycles. The number of nitrogens with zero attached hydrogens (tertiary/aromatic N) is 2. The molecule has 7 heteroatoms. The highest BCUT2D eigenvalue weighted by molar-refractivity contribution is 5.01. The Hall–Kier alpha value is -1.24. The summed E-state index contributed by atoms with van der Waals surface area (Å²) in [6, 6.07) is 8.28. The molecule has 0 unspecified atom stereocenters. The van der Waals surface area contributed by atoms with Crippen LogP contribution in [-0.2, 0) is 27.3 Å². The highest BCUT2D eigenvalue weighted by Gasteiger charge is 2.01. The third kappa shape index (κ3) is 12.0. The number of aromatic nitrogens is 2. The predicted molar refractivity (Wildman–Crippen MR) is 95.2 cm³/mol. The van der Waals surface area contributed by atoms with Crippen LogP contribution in [0.1, 0.15) is 11.1 Å². The van der Waals surface area contributed by atoms with Gasteiger partial charge in [0.25, 0.3) is 0 Å². The Morgan fingerprint density at radius 1 is 0.630 bits per heavy atom. The second kappa shape index (κ2) is 15.8. The van der Waals surface area contributed by atoms with Gasteiger partial charge in [0.2, 0.25) is 0 Å². The minimum absolute atomic E-state index is 0. The summed E-state index contributed by atoms with van der Waals surface area (Å²) in [5, 5.41) is 0. The van der Waals surface area contributed by atoms with Gasteiger partial charge in [-0.1, -0.05) is 0 Å². The van der Waals surface area contributed by atoms with Crippen LogP contribution in [0.25, 0.3) is 0 Å². The molecule has 0 N–H and O–H groups in total. The van der Waals surface area contributed by atoms with Crippen molar-refractivity contribution in [1.82, 2.24) is 0 Å². The molecule has 0 aliphatic rings. The van der Waals surface area contributed by atoms with Gasteiger partial charge in [0.1, 0.15) is 13.2 Å². The summed E-state index contributed by atoms with van der Waals surface area (Å²) in [4.78, 5) is 0. The Bertz CT molecular complexity index is 576. The third-order valence-electron chi connectivity index (χ3n) is 3.74. The smallest absolute Gasteiger partial charge is 0.171 e. The van der Waals surface area contributed by atoms with E-state index in [1.165, 1.54) is 11.1 Å². The number of ether oxygens (including phenoxy) is 3. The maximum absolute atomic E-state index is 5.58. The van der Waals surface area contributed by atoms with Crippen LogP contribution in [0.5, 0.6) is 0 Å². The quantitative estimate of drug-likeness (QED) is 0.259. The molecule has 0 radical (unpaired) electrons. The van der Waals surface area contributed by atoms with Crippen LogP contribution < -0.4 is 33.9 Å². The molecule has 0 spiro atoms. The van der Waals surface area contributed by atoms with Crippen LogP contribution in [0.15, 0.2) is 49.1 Å². The molecule has 2 aromatic heterocycles. The number of aryl methyl sites for hydroxylation is 2. The third-order valence-corrected chi connectivity index (χ3v) is 3.74. The van der Waals surface area contributed by atoms with Crippen molar-refractivity contribution in [1.29, 1.82) is 0 Å². The molecular formula is C20H30Cl2N2O3. The van der Waals surface area contributed by atoms with E-state index in [0.29, 0.717) is 39.6 Å². The first-order valence-corrected chi connectivity index (χ1v) is 8.89. The van der Waals surface area contributed by atoms with E-state index in [4.69, 9.17) is 14.2 Å². The van der Waals surface area contributed by atoms with E-state index in [0.717, 1.165) is 13.1 Å². The monoisotopic (exact) mass is 416 g/mol. The van der Waals surface area contributed by atoms with E-state index in [1.54, 1.807) is 0 Å². The average molecular weight is 417 g/mol. The fourth-order valence-corrected chi connectivity index (χ4v) is 2.47. The van der Waals surface area contributed by atoms with Gasteiger partial charge >= 0.3 is 0 Å². The maximum atomic E-state index is 5.58. The number of hydrogen-bond acceptors (Lipinski definition) is 3. The Labute approximate surface area is 175 Å². The molecule has 27 heavy (non-hydrogen) atoms. The van der Waals surface area contributed by atoms with Crippen molar-refractivity contribution < 1.29 is 48.2 Å². The molecule has 0 fully saturated rings. The van der Waals surface area contributed by atoms with Gasteiger partial charge in [0, 0.05) is 23.3 Å². The largest absolute Gasteiger partial charge is 1.00 e. The van der Waals surface area contributed by atoms with Crippen LogP contribution in [0.2, 0.25) is 0 Å². The van der Waals surface area contributed by atoms with Gasteiger partial charge in [0.05, 0.1) is 26.4 Å². The summed E-state index contributed by atoms with van der Waals surface area (Å²) in [6.45, 7) is 9.74. The summed E-state index contributed by atoms with van der Waals surface area (Å²) in [5.41, 5.74) is 2.51. The number of rotatable bonds is 12. The summed E-state index contributed by atoms with van der Waals surface area (Å²) in [5.74, 6) is 0. The molecular weight excluding hydrogens is 387 g/mol. The lowest BCUT2D eigenvalue weighted by molar-refractivity contribution is -0.698. The summed E-state index contributed by atoms with van der Waals surface area (Å²) in [6.07, 6.45) is 8.34. The molecule has 2 rings (SSSR count). The van der Waals surface area contributed by atoms with Crippen LogP contribution >= 0.6 is 0 Å². The molecule has 0 atom stereocenters. The van der Waals surface area contributed by atoms with Crippen LogP contribution in [0.4, 0.5) is 0 Å². The molecule has 0 aliphatic carbocycles. The Morgan fingerprint density at radius 2 is 1.00 bits per heavy atom. The molecule has 0 amide bonds. The van der Waals surface area contributed by atoms with Crippen molar-refractivity contribution in [3.63, 3.8) is 0 Å². The van der Waals surface area contributed by atoms with E-state index < -0.39 is 0 Å². The molecule has 0 bridgehead atoms. The Balaban J connectivity index is 0.00000338. The fourth-order valence-electron chi connectivity index (χ4n) is 2.47. The molecule has 152 valence electrons. The number of pyridine rings is 2. The van der Waals surface area contributed by atoms with Crippen molar-refractivity contribution in [3.05, 3.63) is 60.2 Å². The van der Waals surface area contributed by atoms with Gasteiger partial charge in [0.15, 0.2) is 37.9 Å². The van der Waals surface area contributed by atoms with Gasteiger partial charge < -0.3 is 39.0 Å². The van der Waals surface area contributed by atoms with Crippen LogP contribution in [0.3, 0.4) is 0 Å². The molecule has 5 nitrogen and oxygen atoms in total. The van der Waals surface area contributed by atoms with Crippen molar-refractivity contribution in [2.75, 3.05) is 39.6 Å². The first-order valence-electron chi connectivity index (χ1n) is 8.89. The minimum Gasteiger partial charge on any atom is -1.00 e. The van der Waals surface area contributed by atoms with E-state index in [1.807, 2.05) is 0 Å². The first kappa shape index (κ1) is 25.8. The molecule has 0 aromatic carbocycles. The number of halogens is 2. The van der Waals surface area contributed by atoms with Crippen molar-refractivity contribution in [2.24, 2.45) is 0 Å². The van der Waals surface area contributed by atoms with Crippen molar-refractivity contribution in [2.45, 2.75) is 26.9 Å². The Morgan fingerprint density at radius 3 is 1.37 bits per heavy atom. The second-order valence-corrected chi connectivity index (χ2v) is 6.08. The van der Waals surface area contributed by atoms with E-state index in [-0.39, 0.29) is 24.8 Å². The fraction of sp³-hybridized carbons (Fsp3) is 0.500. The van der Waals surface area contributed by atoms with E-state index in [9.17, 15) is 0 Å². The van der Waals surface area contributed by atoms with Gasteiger partial charge in [-0.2, -0.15) is 0 Å². The van der Waals surface area contributed by atoms with E-state index in [2.05, 4.69) is 72.0 Å². The average Bonchev–Trinajstić information content (AvgIpc) is 2.60. The van der Waals surface area contributed by atoms with Gasteiger partial charge in [-0.3, -0.25) is 0 Å². The maximum Gasteiger partial charge on any atom is 0.171 e. The summed E-state index contributed by atoms with van der Waals surface area (Å²) >= 11 is 0. The molecule has 0 aliphatic heterocycles. The highest BCUT2D eigenvalue weighted by atomic mass is 35.5. The summed E-state index contributed by atoms with van der Waals surface area (Å²) < 4.78 is 21.0. The topological polar surface area (TPSA) is 35.5 Å². The van der Waals surface area contributed by atoms with Crippen LogP contribution in [0, 0.1) is 13.8 Å². The molecule has 0 saturated heterocycles. The number of hydrogen-bond donors (Lipinski definition) is 0. The van der Waals surface area contributed by atoms with Gasteiger partial charge in [-0.25, -0.2) is 9.13 Å².